The molecule has 0 aliphatic carbocycles. The van der Waals surface area contributed by atoms with Crippen molar-refractivity contribution in [1.29, 1.82) is 0 Å². The summed E-state index contributed by atoms with van der Waals surface area (Å²) in [4.78, 5) is 28.6. The first kappa shape index (κ1) is 23.0. The third kappa shape index (κ3) is 5.09. The average Bonchev–Trinajstić information content (AvgIpc) is 3.36. The Morgan fingerprint density at radius 3 is 2.36 bits per heavy atom. The molecule has 33 heavy (non-hydrogen) atoms. The molecule has 1 N–H and O–H groups in total. The predicted octanol–water partition coefficient (Wildman–Crippen LogP) is 3.63. The van der Waals surface area contributed by atoms with Gasteiger partial charge < -0.3 is 10.1 Å². The van der Waals surface area contributed by atoms with Gasteiger partial charge in [-0.25, -0.2) is 4.68 Å². The zero-order chi connectivity index (χ0) is 23.4. The number of fused-ring (bicyclic) bond motifs is 1. The van der Waals surface area contributed by atoms with Crippen LogP contribution in [0.1, 0.15) is 48.8 Å². The molecule has 0 spiro atoms. The highest BCUT2D eigenvalue weighted by Crippen LogP contribution is 2.26. The van der Waals surface area contributed by atoms with E-state index in [1.54, 1.807) is 19.2 Å². The van der Waals surface area contributed by atoms with E-state index in [4.69, 9.17) is 4.74 Å². The SMILES string of the molecule is COc1ccc(C(CNC(=O)c2nn(CC(C)C)c(=O)c3ccccc23)N2CCCC2)cc1. The third-order valence-electron chi connectivity index (χ3n) is 6.16. The molecule has 1 amide bonds. The van der Waals surface area contributed by atoms with Gasteiger partial charge in [0.2, 0.25) is 0 Å². The lowest BCUT2D eigenvalue weighted by Gasteiger charge is -2.28. The van der Waals surface area contributed by atoms with Crippen LogP contribution in [-0.2, 0) is 6.54 Å². The van der Waals surface area contributed by atoms with Crippen molar-refractivity contribution >= 4 is 16.7 Å². The Hall–Kier alpha value is -3.19. The number of carbonyl (C=O) groups is 1. The van der Waals surface area contributed by atoms with Crippen molar-refractivity contribution in [2.24, 2.45) is 5.92 Å². The summed E-state index contributed by atoms with van der Waals surface area (Å²) in [7, 11) is 1.66. The zero-order valence-electron chi connectivity index (χ0n) is 19.6. The van der Waals surface area contributed by atoms with Crippen LogP contribution in [0, 0.1) is 5.92 Å². The van der Waals surface area contributed by atoms with Gasteiger partial charge in [0.1, 0.15) is 5.75 Å². The van der Waals surface area contributed by atoms with Gasteiger partial charge >= 0.3 is 0 Å². The lowest BCUT2D eigenvalue weighted by molar-refractivity contribution is 0.0932. The smallest absolute Gasteiger partial charge is 0.274 e. The second-order valence-corrected chi connectivity index (χ2v) is 9.02. The standard InChI is InChI=1S/C26H32N4O3/c1-18(2)17-30-26(32)22-9-5-4-8-21(22)24(28-30)25(31)27-16-23(29-14-6-7-15-29)19-10-12-20(33-3)13-11-19/h4-5,8-13,18,23H,6-7,14-17H2,1-3H3,(H,27,31). The van der Waals surface area contributed by atoms with Gasteiger partial charge in [0.05, 0.1) is 18.5 Å². The maximum atomic E-state index is 13.3. The topological polar surface area (TPSA) is 76.5 Å². The molecule has 1 aliphatic heterocycles. The van der Waals surface area contributed by atoms with E-state index in [9.17, 15) is 9.59 Å². The van der Waals surface area contributed by atoms with E-state index in [0.717, 1.165) is 37.2 Å². The summed E-state index contributed by atoms with van der Waals surface area (Å²) in [5.74, 6) is 0.786. The highest BCUT2D eigenvalue weighted by molar-refractivity contribution is 6.04. The molecule has 7 heteroatoms. The maximum absolute atomic E-state index is 13.3. The molecule has 174 valence electrons. The number of hydrogen-bond acceptors (Lipinski definition) is 5. The van der Waals surface area contributed by atoms with Crippen LogP contribution in [0.15, 0.2) is 53.3 Å². The largest absolute Gasteiger partial charge is 0.497 e. The van der Waals surface area contributed by atoms with E-state index in [-0.39, 0.29) is 23.4 Å². The van der Waals surface area contributed by atoms with Gasteiger partial charge in [-0.2, -0.15) is 5.10 Å². The molecule has 1 unspecified atom stereocenters. The molecular formula is C26H32N4O3. The summed E-state index contributed by atoms with van der Waals surface area (Å²) >= 11 is 0. The van der Waals surface area contributed by atoms with Crippen LogP contribution in [0.4, 0.5) is 0 Å². The lowest BCUT2D eigenvalue weighted by atomic mass is 10.0. The number of rotatable bonds is 8. The average molecular weight is 449 g/mol. The van der Waals surface area contributed by atoms with E-state index in [1.807, 2.05) is 38.1 Å². The Morgan fingerprint density at radius 2 is 1.73 bits per heavy atom. The fourth-order valence-electron chi connectivity index (χ4n) is 4.48. The Bertz CT molecular complexity index is 1160. The number of nitrogens with zero attached hydrogens (tertiary/aromatic N) is 3. The molecular weight excluding hydrogens is 416 g/mol. The van der Waals surface area contributed by atoms with Crippen LogP contribution in [0.25, 0.3) is 10.8 Å². The van der Waals surface area contributed by atoms with Crippen LogP contribution in [-0.4, -0.2) is 47.3 Å². The van der Waals surface area contributed by atoms with E-state index in [0.29, 0.717) is 29.6 Å². The molecule has 0 bridgehead atoms. The number of aromatic nitrogens is 2. The quantitative estimate of drug-likeness (QED) is 0.570. The molecule has 2 aromatic carbocycles. The molecule has 1 saturated heterocycles. The van der Waals surface area contributed by atoms with Crippen LogP contribution in [0.5, 0.6) is 5.75 Å². The monoisotopic (exact) mass is 448 g/mol. The van der Waals surface area contributed by atoms with Crippen molar-refractivity contribution in [3.8, 4) is 5.75 Å². The maximum Gasteiger partial charge on any atom is 0.274 e. The lowest BCUT2D eigenvalue weighted by Crippen LogP contribution is -2.38. The Morgan fingerprint density at radius 1 is 1.06 bits per heavy atom. The number of carbonyl (C=O) groups excluding carboxylic acids is 1. The van der Waals surface area contributed by atoms with Crippen molar-refractivity contribution in [2.75, 3.05) is 26.7 Å². The number of methoxy groups -OCH3 is 1. The first-order valence-electron chi connectivity index (χ1n) is 11.6. The molecule has 0 radical (unpaired) electrons. The first-order valence-corrected chi connectivity index (χ1v) is 11.6. The summed E-state index contributed by atoms with van der Waals surface area (Å²) in [6.45, 7) is 6.99. The highest BCUT2D eigenvalue weighted by Gasteiger charge is 2.25. The highest BCUT2D eigenvalue weighted by atomic mass is 16.5. The fraction of sp³-hybridized carbons (Fsp3) is 0.423. The molecule has 7 nitrogen and oxygen atoms in total. The van der Waals surface area contributed by atoms with Gasteiger partial charge in [0.15, 0.2) is 5.69 Å². The van der Waals surface area contributed by atoms with Gasteiger partial charge in [-0.05, 0) is 55.6 Å². The normalized spacial score (nSPS) is 15.2. The van der Waals surface area contributed by atoms with Gasteiger partial charge in [0, 0.05) is 18.5 Å². The second kappa shape index (κ2) is 10.2. The summed E-state index contributed by atoms with van der Waals surface area (Å²) in [5.41, 5.74) is 1.27. The fourth-order valence-corrected chi connectivity index (χ4v) is 4.48. The summed E-state index contributed by atoms with van der Waals surface area (Å²) in [5, 5.41) is 8.68. The zero-order valence-corrected chi connectivity index (χ0v) is 19.6. The molecule has 2 heterocycles. The first-order chi connectivity index (χ1) is 16.0. The van der Waals surface area contributed by atoms with Crippen LogP contribution >= 0.6 is 0 Å². The van der Waals surface area contributed by atoms with Gasteiger partial charge in [-0.15, -0.1) is 0 Å². The number of nitrogens with one attached hydrogen (secondary N) is 1. The molecule has 0 saturated carbocycles. The number of benzene rings is 2. The van der Waals surface area contributed by atoms with Gasteiger partial charge in [0.25, 0.3) is 11.5 Å². The minimum absolute atomic E-state index is 0.0650. The van der Waals surface area contributed by atoms with Crippen LogP contribution < -0.4 is 15.6 Å². The van der Waals surface area contributed by atoms with Crippen molar-refractivity contribution in [1.82, 2.24) is 20.0 Å². The van der Waals surface area contributed by atoms with Crippen LogP contribution in [0.3, 0.4) is 0 Å². The minimum atomic E-state index is -0.263. The second-order valence-electron chi connectivity index (χ2n) is 9.02. The molecule has 3 aromatic rings. The van der Waals surface area contributed by atoms with Crippen molar-refractivity contribution < 1.29 is 9.53 Å². The van der Waals surface area contributed by atoms with E-state index in [1.165, 1.54) is 4.68 Å². The van der Waals surface area contributed by atoms with Crippen LogP contribution in [0.2, 0.25) is 0 Å². The molecule has 4 rings (SSSR count). The van der Waals surface area contributed by atoms with E-state index in [2.05, 4.69) is 27.4 Å². The number of hydrogen-bond donors (Lipinski definition) is 1. The van der Waals surface area contributed by atoms with Crippen molar-refractivity contribution in [3.63, 3.8) is 0 Å². The van der Waals surface area contributed by atoms with Gasteiger partial charge in [-0.1, -0.05) is 44.2 Å². The predicted molar refractivity (Wildman–Crippen MR) is 130 cm³/mol. The minimum Gasteiger partial charge on any atom is -0.497 e. The molecule has 1 aliphatic rings. The Kier molecular flexibility index (Phi) is 7.08. The summed E-state index contributed by atoms with van der Waals surface area (Å²) in [6, 6.07) is 15.3. The van der Waals surface area contributed by atoms with Crippen molar-refractivity contribution in [2.45, 2.75) is 39.3 Å². The number of likely N-dealkylation sites (tertiary alicyclic amines) is 1. The van der Waals surface area contributed by atoms with Crippen molar-refractivity contribution in [3.05, 3.63) is 70.1 Å². The third-order valence-corrected chi connectivity index (χ3v) is 6.16. The Balaban J connectivity index is 1.62. The van der Waals surface area contributed by atoms with E-state index < -0.39 is 0 Å². The number of ether oxygens (including phenoxy) is 1. The summed E-state index contributed by atoms with van der Waals surface area (Å²) in [6.07, 6.45) is 2.32. The molecule has 1 fully saturated rings. The van der Waals surface area contributed by atoms with E-state index >= 15 is 0 Å². The Labute approximate surface area is 194 Å². The summed E-state index contributed by atoms with van der Waals surface area (Å²) < 4.78 is 6.72. The molecule has 1 aromatic heterocycles. The number of amides is 1. The van der Waals surface area contributed by atoms with Gasteiger partial charge in [-0.3, -0.25) is 14.5 Å². The molecule has 1 atom stereocenters.